The van der Waals surface area contributed by atoms with E-state index in [1.54, 1.807) is 50.2 Å². The molecule has 1 saturated carbocycles. The third kappa shape index (κ3) is 7.02. The van der Waals surface area contributed by atoms with Gasteiger partial charge < -0.3 is 15.4 Å². The fourth-order valence-corrected chi connectivity index (χ4v) is 4.75. The van der Waals surface area contributed by atoms with Crippen LogP contribution in [0.25, 0.3) is 0 Å². The largest absolute Gasteiger partial charge is 0.467 e. The van der Waals surface area contributed by atoms with Gasteiger partial charge in [-0.05, 0) is 62.4 Å². The number of anilines is 1. The number of Topliss-reactive ketones (excluding diaryl/α,β-unsaturated/α-hetero) is 1. The molecular formula is C29H39N3O5. The molecule has 1 aliphatic carbocycles. The number of hydrogen-bond acceptors (Lipinski definition) is 6. The molecule has 1 heterocycles. The molecule has 3 atom stereocenters. The molecule has 2 N–H and O–H groups in total. The van der Waals surface area contributed by atoms with E-state index in [2.05, 4.69) is 15.6 Å². The summed E-state index contributed by atoms with van der Waals surface area (Å²) in [6.45, 7) is 13.0. The molecule has 1 aliphatic rings. The lowest BCUT2D eigenvalue weighted by molar-refractivity contribution is -0.153. The van der Waals surface area contributed by atoms with Crippen LogP contribution in [-0.2, 0) is 25.5 Å². The van der Waals surface area contributed by atoms with Crippen LogP contribution in [-0.4, -0.2) is 41.7 Å². The van der Waals surface area contributed by atoms with Gasteiger partial charge in [-0.3, -0.25) is 19.4 Å². The van der Waals surface area contributed by atoms with E-state index in [0.29, 0.717) is 23.4 Å². The molecule has 0 aliphatic heterocycles. The molecule has 0 spiro atoms. The zero-order chi connectivity index (χ0) is 27.9. The minimum atomic E-state index is -0.860. The summed E-state index contributed by atoms with van der Waals surface area (Å²) in [6.07, 6.45) is 0.712. The molecule has 2 aromatic rings. The Labute approximate surface area is 219 Å². The van der Waals surface area contributed by atoms with Gasteiger partial charge in [-0.15, -0.1) is 0 Å². The van der Waals surface area contributed by atoms with E-state index in [0.717, 1.165) is 11.3 Å². The fraction of sp³-hybridized carbons (Fsp3) is 0.483. The van der Waals surface area contributed by atoms with Crippen molar-refractivity contribution in [3.8, 4) is 0 Å². The first-order valence-corrected chi connectivity index (χ1v) is 12.7. The van der Waals surface area contributed by atoms with Crippen LogP contribution < -0.4 is 10.6 Å². The van der Waals surface area contributed by atoms with Crippen LogP contribution in [0.1, 0.15) is 68.3 Å². The van der Waals surface area contributed by atoms with Gasteiger partial charge >= 0.3 is 5.97 Å². The molecule has 0 radical (unpaired) electrons. The normalized spacial score (nSPS) is 18.3. The standard InChI is InChI=1S/C27H33N3O5.C2H6/c1-15-7-12-20(16(2)28-15)24(32)29-19-10-8-18(9-11-19)13-23(26(34)35-6)30-25(33)22-14-21(17(3)31)27(22,4)5;1-2/h7-12,21-23H,13-14H2,1-6H3,(H,29,32)(H,30,33);1-2H3. The molecule has 3 rings (SSSR count). The van der Waals surface area contributed by atoms with Gasteiger partial charge in [0.05, 0.1) is 18.4 Å². The summed E-state index contributed by atoms with van der Waals surface area (Å²) in [5.74, 6) is -1.48. The van der Waals surface area contributed by atoms with Crippen molar-refractivity contribution < 1.29 is 23.9 Å². The number of ketones is 1. The van der Waals surface area contributed by atoms with Gasteiger partial charge in [0.15, 0.2) is 0 Å². The number of hydrogen-bond donors (Lipinski definition) is 2. The smallest absolute Gasteiger partial charge is 0.328 e. The number of nitrogens with zero attached hydrogens (tertiary/aromatic N) is 1. The SMILES string of the molecule is CC.COC(=O)C(Cc1ccc(NC(=O)c2ccc(C)nc2C)cc1)NC(=O)C1CC(C(C)=O)C1(C)C. The lowest BCUT2D eigenvalue weighted by Crippen LogP contribution is -2.57. The van der Waals surface area contributed by atoms with Crippen molar-refractivity contribution in [2.24, 2.45) is 17.3 Å². The highest BCUT2D eigenvalue weighted by molar-refractivity contribution is 6.05. The number of pyridine rings is 1. The summed E-state index contributed by atoms with van der Waals surface area (Å²) in [5, 5.41) is 5.66. The predicted octanol–water partition coefficient (Wildman–Crippen LogP) is 4.43. The molecule has 37 heavy (non-hydrogen) atoms. The van der Waals surface area contributed by atoms with Crippen LogP contribution in [0.2, 0.25) is 0 Å². The first-order chi connectivity index (χ1) is 17.4. The molecule has 8 nitrogen and oxygen atoms in total. The zero-order valence-corrected chi connectivity index (χ0v) is 23.1. The predicted molar refractivity (Wildman–Crippen MR) is 143 cm³/mol. The van der Waals surface area contributed by atoms with E-state index in [-0.39, 0.29) is 35.9 Å². The van der Waals surface area contributed by atoms with Gasteiger partial charge in [-0.25, -0.2) is 4.79 Å². The average Bonchev–Trinajstić information content (AvgIpc) is 2.84. The van der Waals surface area contributed by atoms with Crippen LogP contribution in [0.4, 0.5) is 5.69 Å². The van der Waals surface area contributed by atoms with Crippen molar-refractivity contribution in [2.75, 3.05) is 12.4 Å². The van der Waals surface area contributed by atoms with Gasteiger partial charge in [-0.1, -0.05) is 39.8 Å². The summed E-state index contributed by atoms with van der Waals surface area (Å²) >= 11 is 0. The number of benzene rings is 1. The summed E-state index contributed by atoms with van der Waals surface area (Å²) in [5.41, 5.74) is 2.93. The lowest BCUT2D eigenvalue weighted by atomic mass is 9.53. The Morgan fingerprint density at radius 2 is 1.65 bits per heavy atom. The molecule has 1 aromatic carbocycles. The van der Waals surface area contributed by atoms with Crippen LogP contribution in [0.5, 0.6) is 0 Å². The molecule has 8 heteroatoms. The molecular weight excluding hydrogens is 470 g/mol. The highest BCUT2D eigenvalue weighted by atomic mass is 16.5. The number of carbonyl (C=O) groups excluding carboxylic acids is 4. The van der Waals surface area contributed by atoms with Gasteiger partial charge in [0.25, 0.3) is 5.91 Å². The van der Waals surface area contributed by atoms with E-state index in [1.807, 2.05) is 34.6 Å². The molecule has 200 valence electrons. The van der Waals surface area contributed by atoms with E-state index in [4.69, 9.17) is 4.74 Å². The van der Waals surface area contributed by atoms with E-state index < -0.39 is 17.4 Å². The summed E-state index contributed by atoms with van der Waals surface area (Å²) in [6, 6.07) is 9.74. The number of rotatable bonds is 8. The topological polar surface area (TPSA) is 114 Å². The van der Waals surface area contributed by atoms with Crippen molar-refractivity contribution in [3.05, 3.63) is 58.9 Å². The van der Waals surface area contributed by atoms with Crippen LogP contribution >= 0.6 is 0 Å². The number of nitrogens with one attached hydrogen (secondary N) is 2. The third-order valence-corrected chi connectivity index (χ3v) is 7.00. The minimum Gasteiger partial charge on any atom is -0.467 e. The highest BCUT2D eigenvalue weighted by Gasteiger charge is 2.53. The molecule has 3 unspecified atom stereocenters. The van der Waals surface area contributed by atoms with Crippen molar-refractivity contribution in [1.82, 2.24) is 10.3 Å². The number of carbonyl (C=O) groups is 4. The lowest BCUT2D eigenvalue weighted by Gasteiger charge is -2.50. The number of aromatic nitrogens is 1. The Hall–Kier alpha value is -3.55. The first kappa shape index (κ1) is 29.7. The van der Waals surface area contributed by atoms with Gasteiger partial charge in [0, 0.05) is 29.6 Å². The van der Waals surface area contributed by atoms with Gasteiger partial charge in [-0.2, -0.15) is 0 Å². The Morgan fingerprint density at radius 1 is 1.03 bits per heavy atom. The van der Waals surface area contributed by atoms with E-state index >= 15 is 0 Å². The van der Waals surface area contributed by atoms with Gasteiger partial charge in [0.2, 0.25) is 5.91 Å². The number of aryl methyl sites for hydroxylation is 2. The quantitative estimate of drug-likeness (QED) is 0.509. The maximum absolute atomic E-state index is 12.9. The number of ether oxygens (including phenoxy) is 1. The van der Waals surface area contributed by atoms with Gasteiger partial charge in [0.1, 0.15) is 11.8 Å². The first-order valence-electron chi connectivity index (χ1n) is 12.7. The van der Waals surface area contributed by atoms with E-state index in [1.165, 1.54) is 7.11 Å². The minimum absolute atomic E-state index is 0.0737. The fourth-order valence-electron chi connectivity index (χ4n) is 4.75. The third-order valence-electron chi connectivity index (χ3n) is 7.00. The average molecular weight is 510 g/mol. The number of amides is 2. The second-order valence-corrected chi connectivity index (χ2v) is 9.80. The molecule has 0 saturated heterocycles. The highest BCUT2D eigenvalue weighted by Crippen LogP contribution is 2.51. The summed E-state index contributed by atoms with van der Waals surface area (Å²) < 4.78 is 4.90. The van der Waals surface area contributed by atoms with Crippen molar-refractivity contribution in [1.29, 1.82) is 0 Å². The summed E-state index contributed by atoms with van der Waals surface area (Å²) in [4.78, 5) is 54.0. The Balaban J connectivity index is 0.00000235. The Kier molecular flexibility index (Phi) is 10.1. The van der Waals surface area contributed by atoms with E-state index in [9.17, 15) is 19.2 Å². The maximum atomic E-state index is 12.9. The second-order valence-electron chi connectivity index (χ2n) is 9.80. The van der Waals surface area contributed by atoms with Crippen molar-refractivity contribution >= 4 is 29.3 Å². The second kappa shape index (κ2) is 12.6. The van der Waals surface area contributed by atoms with Crippen LogP contribution in [0.3, 0.4) is 0 Å². The molecule has 0 bridgehead atoms. The molecule has 2 amide bonds. The van der Waals surface area contributed by atoms with Crippen molar-refractivity contribution in [2.45, 2.75) is 67.3 Å². The van der Waals surface area contributed by atoms with Crippen molar-refractivity contribution in [3.63, 3.8) is 0 Å². The maximum Gasteiger partial charge on any atom is 0.328 e. The van der Waals surface area contributed by atoms with Crippen LogP contribution in [0, 0.1) is 31.1 Å². The van der Waals surface area contributed by atoms with Crippen LogP contribution in [0.15, 0.2) is 36.4 Å². The molecule has 1 fully saturated rings. The Morgan fingerprint density at radius 3 is 2.16 bits per heavy atom. The summed E-state index contributed by atoms with van der Waals surface area (Å²) in [7, 11) is 1.28. The molecule has 1 aromatic heterocycles. The Bertz CT molecular complexity index is 1140. The number of methoxy groups -OCH3 is 1. The zero-order valence-electron chi connectivity index (χ0n) is 23.1. The monoisotopic (exact) mass is 509 g/mol. The number of esters is 1.